The summed E-state index contributed by atoms with van der Waals surface area (Å²) in [5.74, 6) is 2.17. The summed E-state index contributed by atoms with van der Waals surface area (Å²) in [5.41, 5.74) is 0. The smallest absolute Gasteiger partial charge is 0.191 e. The average Bonchev–Trinajstić information content (AvgIpc) is 3.34. The van der Waals surface area contributed by atoms with E-state index in [0.29, 0.717) is 13.1 Å². The lowest BCUT2D eigenvalue weighted by molar-refractivity contribution is 0.123. The van der Waals surface area contributed by atoms with Crippen LogP contribution in [0.25, 0.3) is 0 Å². The van der Waals surface area contributed by atoms with Gasteiger partial charge in [0.25, 0.3) is 0 Å². The second-order valence-electron chi connectivity index (χ2n) is 6.29. The molecule has 0 aromatic rings. The number of sulfone groups is 1. The first-order valence-corrected chi connectivity index (χ1v) is 10.4. The summed E-state index contributed by atoms with van der Waals surface area (Å²) in [6.45, 7) is 5.41. The van der Waals surface area contributed by atoms with Crippen LogP contribution in [0.15, 0.2) is 4.99 Å². The van der Waals surface area contributed by atoms with Gasteiger partial charge >= 0.3 is 0 Å². The van der Waals surface area contributed by atoms with Gasteiger partial charge < -0.3 is 15.4 Å². The number of hydrogen-bond acceptors (Lipinski definition) is 5. The SMILES string of the molecule is CN=C(NCCCOCC1CC1)NCCN1CCS(=O)(=O)CC1.I. The first-order chi connectivity index (χ1) is 11.1. The van der Waals surface area contributed by atoms with Gasteiger partial charge in [-0.05, 0) is 25.2 Å². The first-order valence-electron chi connectivity index (χ1n) is 8.54. The molecule has 1 saturated carbocycles. The lowest BCUT2D eigenvalue weighted by Crippen LogP contribution is -2.46. The number of nitrogens with zero attached hydrogens (tertiary/aromatic N) is 2. The highest BCUT2D eigenvalue weighted by molar-refractivity contribution is 14.0. The van der Waals surface area contributed by atoms with Gasteiger partial charge in [-0.2, -0.15) is 0 Å². The molecule has 2 fully saturated rings. The van der Waals surface area contributed by atoms with Crippen molar-refractivity contribution in [2.45, 2.75) is 19.3 Å². The zero-order chi connectivity index (χ0) is 16.5. The predicted octanol–water partition coefficient (Wildman–Crippen LogP) is 0.317. The Balaban J connectivity index is 0.00000288. The van der Waals surface area contributed by atoms with E-state index in [9.17, 15) is 8.42 Å². The molecule has 0 radical (unpaired) electrons. The number of halogens is 1. The number of aliphatic imine (C=N–C) groups is 1. The summed E-state index contributed by atoms with van der Waals surface area (Å²) < 4.78 is 28.3. The van der Waals surface area contributed by atoms with Crippen LogP contribution >= 0.6 is 24.0 Å². The lowest BCUT2D eigenvalue weighted by Gasteiger charge is -2.26. The van der Waals surface area contributed by atoms with Gasteiger partial charge in [-0.3, -0.25) is 9.89 Å². The normalized spacial score (nSPS) is 21.1. The highest BCUT2D eigenvalue weighted by Gasteiger charge is 2.21. The van der Waals surface area contributed by atoms with Gasteiger partial charge in [0, 0.05) is 53.0 Å². The van der Waals surface area contributed by atoms with Crippen molar-refractivity contribution < 1.29 is 13.2 Å². The Morgan fingerprint density at radius 3 is 2.50 bits per heavy atom. The van der Waals surface area contributed by atoms with E-state index in [1.807, 2.05) is 0 Å². The van der Waals surface area contributed by atoms with E-state index in [2.05, 4.69) is 20.5 Å². The van der Waals surface area contributed by atoms with E-state index in [1.54, 1.807) is 7.05 Å². The molecule has 1 saturated heterocycles. The van der Waals surface area contributed by atoms with Crippen LogP contribution in [0.2, 0.25) is 0 Å². The van der Waals surface area contributed by atoms with E-state index in [0.717, 1.165) is 51.1 Å². The van der Waals surface area contributed by atoms with Gasteiger partial charge in [0.2, 0.25) is 0 Å². The van der Waals surface area contributed by atoms with Crippen LogP contribution in [0.5, 0.6) is 0 Å². The van der Waals surface area contributed by atoms with Crippen molar-refractivity contribution in [3.63, 3.8) is 0 Å². The monoisotopic (exact) mass is 474 g/mol. The summed E-state index contributed by atoms with van der Waals surface area (Å²) in [6, 6.07) is 0. The van der Waals surface area contributed by atoms with Crippen LogP contribution in [0.4, 0.5) is 0 Å². The summed E-state index contributed by atoms with van der Waals surface area (Å²) >= 11 is 0. The molecule has 2 aliphatic rings. The standard InChI is InChI=1S/C15H30N4O3S.HI/c1-16-15(17-5-2-10-22-13-14-3-4-14)18-6-7-19-8-11-23(20,21)12-9-19;/h14H,2-13H2,1H3,(H2,16,17,18);1H. The largest absolute Gasteiger partial charge is 0.381 e. The Hall–Kier alpha value is -0.130. The molecule has 0 aromatic heterocycles. The van der Waals surface area contributed by atoms with Crippen molar-refractivity contribution in [1.29, 1.82) is 0 Å². The van der Waals surface area contributed by atoms with Crippen LogP contribution < -0.4 is 10.6 Å². The summed E-state index contributed by atoms with van der Waals surface area (Å²) in [5, 5.41) is 6.53. The Bertz CT molecular complexity index is 469. The molecule has 0 spiro atoms. The molecule has 2 rings (SSSR count). The second-order valence-corrected chi connectivity index (χ2v) is 8.59. The highest BCUT2D eigenvalue weighted by Crippen LogP contribution is 2.28. The third-order valence-corrected chi connectivity index (χ3v) is 5.80. The van der Waals surface area contributed by atoms with Gasteiger partial charge in [0.1, 0.15) is 0 Å². The fraction of sp³-hybridized carbons (Fsp3) is 0.933. The van der Waals surface area contributed by atoms with E-state index in [1.165, 1.54) is 12.8 Å². The molecule has 1 aliphatic heterocycles. The van der Waals surface area contributed by atoms with Crippen molar-refractivity contribution in [2.75, 3.05) is 64.5 Å². The van der Waals surface area contributed by atoms with Gasteiger partial charge in [-0.15, -0.1) is 24.0 Å². The van der Waals surface area contributed by atoms with Gasteiger partial charge in [0.15, 0.2) is 15.8 Å². The van der Waals surface area contributed by atoms with Crippen LogP contribution in [-0.4, -0.2) is 83.8 Å². The van der Waals surface area contributed by atoms with E-state index in [4.69, 9.17) is 4.74 Å². The van der Waals surface area contributed by atoms with Crippen molar-refractivity contribution in [3.8, 4) is 0 Å². The van der Waals surface area contributed by atoms with Gasteiger partial charge in [-0.1, -0.05) is 0 Å². The molecule has 0 atom stereocenters. The zero-order valence-corrected chi connectivity index (χ0v) is 17.6. The third-order valence-electron chi connectivity index (χ3n) is 4.19. The minimum atomic E-state index is -2.79. The maximum absolute atomic E-state index is 11.4. The third kappa shape index (κ3) is 9.38. The maximum Gasteiger partial charge on any atom is 0.191 e. The number of hydrogen-bond donors (Lipinski definition) is 2. The second kappa shape index (κ2) is 11.5. The Morgan fingerprint density at radius 2 is 1.88 bits per heavy atom. The Morgan fingerprint density at radius 1 is 1.21 bits per heavy atom. The number of rotatable bonds is 9. The molecule has 2 N–H and O–H groups in total. The quantitative estimate of drug-likeness (QED) is 0.217. The van der Waals surface area contributed by atoms with Crippen molar-refractivity contribution >= 4 is 39.8 Å². The molecular weight excluding hydrogens is 443 g/mol. The Labute approximate surface area is 162 Å². The molecule has 1 heterocycles. The van der Waals surface area contributed by atoms with Crippen molar-refractivity contribution in [1.82, 2.24) is 15.5 Å². The molecule has 0 amide bonds. The topological polar surface area (TPSA) is 83.0 Å². The fourth-order valence-electron chi connectivity index (χ4n) is 2.44. The molecular formula is C15H31IN4O3S. The summed E-state index contributed by atoms with van der Waals surface area (Å²) in [6.07, 6.45) is 3.63. The molecule has 9 heteroatoms. The molecule has 1 aliphatic carbocycles. The highest BCUT2D eigenvalue weighted by atomic mass is 127. The predicted molar refractivity (Wildman–Crippen MR) is 108 cm³/mol. The number of guanidine groups is 1. The summed E-state index contributed by atoms with van der Waals surface area (Å²) in [7, 11) is -1.04. The van der Waals surface area contributed by atoms with Crippen LogP contribution in [0, 0.1) is 5.92 Å². The first kappa shape index (κ1) is 21.9. The van der Waals surface area contributed by atoms with Crippen LogP contribution in [-0.2, 0) is 14.6 Å². The zero-order valence-electron chi connectivity index (χ0n) is 14.5. The minimum Gasteiger partial charge on any atom is -0.381 e. The maximum atomic E-state index is 11.4. The molecule has 0 unspecified atom stereocenters. The number of ether oxygens (including phenoxy) is 1. The van der Waals surface area contributed by atoms with Crippen molar-refractivity contribution in [2.24, 2.45) is 10.9 Å². The molecule has 7 nitrogen and oxygen atoms in total. The average molecular weight is 474 g/mol. The molecule has 0 bridgehead atoms. The molecule has 0 aromatic carbocycles. The van der Waals surface area contributed by atoms with Gasteiger partial charge in [0.05, 0.1) is 11.5 Å². The van der Waals surface area contributed by atoms with Crippen molar-refractivity contribution in [3.05, 3.63) is 0 Å². The van der Waals surface area contributed by atoms with E-state index < -0.39 is 9.84 Å². The molecule has 24 heavy (non-hydrogen) atoms. The lowest BCUT2D eigenvalue weighted by atomic mass is 10.4. The number of nitrogens with one attached hydrogen (secondary N) is 2. The van der Waals surface area contributed by atoms with E-state index >= 15 is 0 Å². The fourth-order valence-corrected chi connectivity index (χ4v) is 3.72. The van der Waals surface area contributed by atoms with Crippen LogP contribution in [0.3, 0.4) is 0 Å². The Kier molecular flexibility index (Phi) is 10.5. The van der Waals surface area contributed by atoms with E-state index in [-0.39, 0.29) is 35.5 Å². The molecule has 142 valence electrons. The van der Waals surface area contributed by atoms with Crippen LogP contribution in [0.1, 0.15) is 19.3 Å². The van der Waals surface area contributed by atoms with Gasteiger partial charge in [-0.25, -0.2) is 8.42 Å². The minimum absolute atomic E-state index is 0. The summed E-state index contributed by atoms with van der Waals surface area (Å²) in [4.78, 5) is 6.36.